The molecule has 1 N–H and O–H groups in total. The zero-order valence-electron chi connectivity index (χ0n) is 12.0. The number of hydrogen-bond acceptors (Lipinski definition) is 5. The average molecular weight is 355 g/mol. The molecule has 108 valence electrons. The van der Waals surface area contributed by atoms with Gasteiger partial charge in [-0.3, -0.25) is 0 Å². The number of anilines is 2. The number of nitrogens with one attached hydrogen (secondary N) is 1. The van der Waals surface area contributed by atoms with E-state index in [0.717, 1.165) is 35.6 Å². The van der Waals surface area contributed by atoms with Crippen molar-refractivity contribution in [2.45, 2.75) is 26.8 Å². The van der Waals surface area contributed by atoms with Gasteiger partial charge >= 0.3 is 0 Å². The lowest BCUT2D eigenvalue weighted by Crippen LogP contribution is -2.20. The molecule has 0 aliphatic heterocycles. The predicted molar refractivity (Wildman–Crippen MR) is 89.7 cm³/mol. The van der Waals surface area contributed by atoms with E-state index in [-0.39, 0.29) is 0 Å². The summed E-state index contributed by atoms with van der Waals surface area (Å²) in [5.74, 6) is 1.95. The highest BCUT2D eigenvalue weighted by Crippen LogP contribution is 2.26. The zero-order chi connectivity index (χ0) is 14.5. The summed E-state index contributed by atoms with van der Waals surface area (Å²) in [6.45, 7) is 5.93. The first-order chi connectivity index (χ1) is 9.65. The van der Waals surface area contributed by atoms with Gasteiger partial charge in [0.1, 0.15) is 18.0 Å². The van der Waals surface area contributed by atoms with Gasteiger partial charge in [0.25, 0.3) is 0 Å². The molecular formula is C14H19BrN4S. The first-order valence-corrected chi connectivity index (χ1v) is 8.34. The minimum atomic E-state index is 0.853. The minimum absolute atomic E-state index is 0.853. The molecular weight excluding hydrogens is 336 g/mol. The topological polar surface area (TPSA) is 41.1 Å². The predicted octanol–water partition coefficient (Wildman–Crippen LogP) is 3.93. The van der Waals surface area contributed by atoms with Crippen LogP contribution in [0.4, 0.5) is 11.6 Å². The van der Waals surface area contributed by atoms with Gasteiger partial charge < -0.3 is 10.2 Å². The highest BCUT2D eigenvalue weighted by molar-refractivity contribution is 9.10. The summed E-state index contributed by atoms with van der Waals surface area (Å²) < 4.78 is 1.14. The third-order valence-corrected chi connectivity index (χ3v) is 4.68. The maximum absolute atomic E-state index is 4.46. The van der Waals surface area contributed by atoms with Gasteiger partial charge in [0.05, 0.1) is 6.54 Å². The molecule has 2 heterocycles. The van der Waals surface area contributed by atoms with Gasteiger partial charge in [-0.25, -0.2) is 9.97 Å². The lowest BCUT2D eigenvalue weighted by molar-refractivity contribution is 0.880. The Morgan fingerprint density at radius 1 is 1.35 bits per heavy atom. The Kier molecular flexibility index (Phi) is 5.37. The molecule has 4 nitrogen and oxygen atoms in total. The second-order valence-electron chi connectivity index (χ2n) is 4.50. The van der Waals surface area contributed by atoms with Gasteiger partial charge in [-0.15, -0.1) is 11.3 Å². The molecule has 0 spiro atoms. The van der Waals surface area contributed by atoms with Crippen LogP contribution in [0, 0.1) is 0 Å². The molecule has 0 aliphatic carbocycles. The maximum Gasteiger partial charge on any atom is 0.137 e. The Hall–Kier alpha value is -1.14. The van der Waals surface area contributed by atoms with Crippen LogP contribution in [0.1, 0.15) is 24.3 Å². The van der Waals surface area contributed by atoms with Crippen LogP contribution in [-0.4, -0.2) is 23.6 Å². The second kappa shape index (κ2) is 7.04. The van der Waals surface area contributed by atoms with Crippen molar-refractivity contribution in [3.05, 3.63) is 32.7 Å². The van der Waals surface area contributed by atoms with E-state index in [2.05, 4.69) is 68.5 Å². The van der Waals surface area contributed by atoms with E-state index in [1.165, 1.54) is 10.4 Å². The summed E-state index contributed by atoms with van der Waals surface area (Å²) in [6.07, 6.45) is 2.55. The van der Waals surface area contributed by atoms with Crippen LogP contribution in [0.25, 0.3) is 0 Å². The van der Waals surface area contributed by atoms with Gasteiger partial charge in [-0.2, -0.15) is 0 Å². The molecule has 0 atom stereocenters. The summed E-state index contributed by atoms with van der Waals surface area (Å²) in [7, 11) is 2.07. The monoisotopic (exact) mass is 354 g/mol. The van der Waals surface area contributed by atoms with Crippen LogP contribution in [-0.2, 0) is 13.0 Å². The summed E-state index contributed by atoms with van der Waals surface area (Å²) >= 11 is 5.25. The minimum Gasteiger partial charge on any atom is -0.370 e. The van der Waals surface area contributed by atoms with Gasteiger partial charge in [0, 0.05) is 33.9 Å². The zero-order valence-corrected chi connectivity index (χ0v) is 14.4. The normalized spacial score (nSPS) is 10.6. The van der Waals surface area contributed by atoms with Gasteiger partial charge in [-0.1, -0.05) is 6.92 Å². The second-order valence-corrected chi connectivity index (χ2v) is 6.41. The van der Waals surface area contributed by atoms with Crippen LogP contribution < -0.4 is 10.2 Å². The van der Waals surface area contributed by atoms with Crippen molar-refractivity contribution >= 4 is 38.9 Å². The smallest absolute Gasteiger partial charge is 0.137 e. The maximum atomic E-state index is 4.46. The number of rotatable bonds is 6. The van der Waals surface area contributed by atoms with Gasteiger partial charge in [-0.05, 0) is 35.3 Å². The molecule has 6 heteroatoms. The van der Waals surface area contributed by atoms with Crippen molar-refractivity contribution in [2.24, 2.45) is 0 Å². The molecule has 0 saturated carbocycles. The molecule has 0 saturated heterocycles. The highest BCUT2D eigenvalue weighted by Gasteiger charge is 2.13. The summed E-state index contributed by atoms with van der Waals surface area (Å²) in [4.78, 5) is 12.3. The van der Waals surface area contributed by atoms with Crippen molar-refractivity contribution in [1.82, 2.24) is 9.97 Å². The molecule has 2 rings (SSSR count). The van der Waals surface area contributed by atoms with E-state index < -0.39 is 0 Å². The molecule has 2 aromatic rings. The van der Waals surface area contributed by atoms with E-state index in [9.17, 15) is 0 Å². The Balaban J connectivity index is 2.24. The van der Waals surface area contributed by atoms with E-state index in [0.29, 0.717) is 0 Å². The third-order valence-electron chi connectivity index (χ3n) is 3.00. The molecule has 0 fully saturated rings. The molecule has 0 unspecified atom stereocenters. The summed E-state index contributed by atoms with van der Waals surface area (Å²) in [5, 5.41) is 5.41. The van der Waals surface area contributed by atoms with Crippen LogP contribution in [0.15, 0.2) is 22.2 Å². The molecule has 0 radical (unpaired) electrons. The fourth-order valence-electron chi connectivity index (χ4n) is 2.12. The van der Waals surface area contributed by atoms with Crippen molar-refractivity contribution < 1.29 is 0 Å². The molecule has 2 aromatic heterocycles. The molecule has 0 aliphatic rings. The average Bonchev–Trinajstić information content (AvgIpc) is 2.84. The Bertz CT molecular complexity index is 570. The van der Waals surface area contributed by atoms with E-state index in [4.69, 9.17) is 0 Å². The standard InChI is InChI=1S/C14H19BrN4S/c1-4-12-13(16-5-2)17-9-18-14(12)19(3)7-11-6-10(15)8-20-11/h6,8-9H,4-5,7H2,1-3H3,(H,16,17,18). The van der Waals surface area contributed by atoms with Crippen LogP contribution >= 0.6 is 27.3 Å². The number of halogens is 1. The number of nitrogens with zero attached hydrogens (tertiary/aromatic N) is 3. The summed E-state index contributed by atoms with van der Waals surface area (Å²) in [6, 6.07) is 2.15. The molecule has 0 aromatic carbocycles. The largest absolute Gasteiger partial charge is 0.370 e. The van der Waals surface area contributed by atoms with Crippen LogP contribution in [0.2, 0.25) is 0 Å². The third kappa shape index (κ3) is 3.49. The van der Waals surface area contributed by atoms with Crippen molar-refractivity contribution in [1.29, 1.82) is 0 Å². The molecule has 0 bridgehead atoms. The van der Waals surface area contributed by atoms with Crippen molar-refractivity contribution in [2.75, 3.05) is 23.8 Å². The lowest BCUT2D eigenvalue weighted by atomic mass is 10.2. The Morgan fingerprint density at radius 2 is 2.15 bits per heavy atom. The van der Waals surface area contributed by atoms with Crippen LogP contribution in [0.5, 0.6) is 0 Å². The first kappa shape index (κ1) is 15.3. The van der Waals surface area contributed by atoms with Crippen LogP contribution in [0.3, 0.4) is 0 Å². The SMILES string of the molecule is CCNc1ncnc(N(C)Cc2cc(Br)cs2)c1CC. The van der Waals surface area contributed by atoms with Gasteiger partial charge in [0.2, 0.25) is 0 Å². The number of aromatic nitrogens is 2. The first-order valence-electron chi connectivity index (χ1n) is 6.67. The fourth-order valence-corrected chi connectivity index (χ4v) is 3.63. The van der Waals surface area contributed by atoms with E-state index >= 15 is 0 Å². The lowest BCUT2D eigenvalue weighted by Gasteiger charge is -2.21. The summed E-state index contributed by atoms with van der Waals surface area (Å²) in [5.41, 5.74) is 1.17. The van der Waals surface area contributed by atoms with E-state index in [1.807, 2.05) is 0 Å². The fraction of sp³-hybridized carbons (Fsp3) is 0.429. The van der Waals surface area contributed by atoms with Gasteiger partial charge in [0.15, 0.2) is 0 Å². The van der Waals surface area contributed by atoms with Crippen molar-refractivity contribution in [3.8, 4) is 0 Å². The molecule has 20 heavy (non-hydrogen) atoms. The molecule has 0 amide bonds. The number of hydrogen-bond donors (Lipinski definition) is 1. The van der Waals surface area contributed by atoms with E-state index in [1.54, 1.807) is 17.7 Å². The number of thiophene rings is 1. The quantitative estimate of drug-likeness (QED) is 0.852. The Labute approximate surface area is 132 Å². The van der Waals surface area contributed by atoms with Crippen molar-refractivity contribution in [3.63, 3.8) is 0 Å². The highest BCUT2D eigenvalue weighted by atomic mass is 79.9. The Morgan fingerprint density at radius 3 is 2.75 bits per heavy atom.